The third-order valence-corrected chi connectivity index (χ3v) is 4.74. The summed E-state index contributed by atoms with van der Waals surface area (Å²) < 4.78 is 2.65. The molecule has 0 saturated heterocycles. The highest BCUT2D eigenvalue weighted by molar-refractivity contribution is 7.23. The van der Waals surface area contributed by atoms with Gasteiger partial charge in [0.05, 0.1) is 27.1 Å². The van der Waals surface area contributed by atoms with Gasteiger partial charge in [-0.05, 0) is 24.3 Å². The van der Waals surface area contributed by atoms with Gasteiger partial charge in [-0.3, -0.25) is 4.79 Å². The molecule has 22 heavy (non-hydrogen) atoms. The number of hydrogen-bond donors (Lipinski definition) is 1. The molecule has 1 N–H and O–H groups in total. The molecule has 2 aromatic carbocycles. The molecule has 4 aromatic rings. The highest BCUT2D eigenvalue weighted by Gasteiger charge is 2.11. The lowest BCUT2D eigenvalue weighted by Gasteiger charge is -2.07. The number of benzene rings is 2. The number of fused-ring (bicyclic) bond motifs is 3. The molecule has 108 valence electrons. The van der Waals surface area contributed by atoms with Crippen LogP contribution in [0.15, 0.2) is 59.5 Å². The van der Waals surface area contributed by atoms with Crippen molar-refractivity contribution >= 4 is 49.5 Å². The Labute approximate surface area is 134 Å². The predicted octanol–water partition coefficient (Wildman–Crippen LogP) is 4.31. The number of nitrogens with one attached hydrogen (secondary N) is 1. The van der Waals surface area contributed by atoms with Crippen molar-refractivity contribution in [2.45, 2.75) is 0 Å². The number of anilines is 2. The van der Waals surface area contributed by atoms with Crippen molar-refractivity contribution in [3.05, 3.63) is 70.1 Å². The molecular weight excluding hydrogens is 318 g/mol. The highest BCUT2D eigenvalue weighted by Crippen LogP contribution is 2.26. The fraction of sp³-hybridized carbons (Fsp3) is 0. The van der Waals surface area contributed by atoms with Gasteiger partial charge in [-0.2, -0.15) is 0 Å². The summed E-state index contributed by atoms with van der Waals surface area (Å²) in [4.78, 5) is 17.8. The van der Waals surface area contributed by atoms with Gasteiger partial charge in [0, 0.05) is 0 Å². The summed E-state index contributed by atoms with van der Waals surface area (Å²) in [5.74, 6) is 0. The summed E-state index contributed by atoms with van der Waals surface area (Å²) >= 11 is 7.62. The van der Waals surface area contributed by atoms with Crippen molar-refractivity contribution in [3.63, 3.8) is 0 Å². The molecule has 0 aliphatic heterocycles. The molecule has 4 nitrogen and oxygen atoms in total. The second-order valence-corrected chi connectivity index (χ2v) is 6.19. The van der Waals surface area contributed by atoms with E-state index in [1.807, 2.05) is 42.5 Å². The van der Waals surface area contributed by atoms with E-state index in [1.165, 1.54) is 11.3 Å². The standard InChI is InChI=1S/C16H10ClN3OS/c17-10-5-1-2-6-11(10)19-12-9-18-16-20(15(12)21)13-7-3-4-8-14(13)22-16/h1-9,19H. The van der Waals surface area contributed by atoms with Crippen LogP contribution in [0.25, 0.3) is 15.2 Å². The number of thiazole rings is 1. The second-order valence-electron chi connectivity index (χ2n) is 4.77. The summed E-state index contributed by atoms with van der Waals surface area (Å²) in [6.45, 7) is 0. The lowest BCUT2D eigenvalue weighted by atomic mass is 10.3. The monoisotopic (exact) mass is 327 g/mol. The maximum Gasteiger partial charge on any atom is 0.282 e. The Morgan fingerprint density at radius 2 is 1.82 bits per heavy atom. The summed E-state index contributed by atoms with van der Waals surface area (Å²) in [5.41, 5.74) is 1.81. The molecule has 2 aromatic heterocycles. The van der Waals surface area contributed by atoms with Crippen LogP contribution in [0.4, 0.5) is 11.4 Å². The van der Waals surface area contributed by atoms with Gasteiger partial charge in [-0.25, -0.2) is 9.38 Å². The third kappa shape index (κ3) is 2.06. The average Bonchev–Trinajstić information content (AvgIpc) is 2.91. The fourth-order valence-corrected chi connectivity index (χ4v) is 3.51. The van der Waals surface area contributed by atoms with Crippen LogP contribution < -0.4 is 10.9 Å². The van der Waals surface area contributed by atoms with E-state index in [-0.39, 0.29) is 5.56 Å². The lowest BCUT2D eigenvalue weighted by Crippen LogP contribution is -2.16. The second kappa shape index (κ2) is 5.12. The summed E-state index contributed by atoms with van der Waals surface area (Å²) in [7, 11) is 0. The van der Waals surface area contributed by atoms with Crippen molar-refractivity contribution in [2.75, 3.05) is 5.32 Å². The molecule has 2 heterocycles. The molecule has 0 bridgehead atoms. The van der Waals surface area contributed by atoms with E-state index in [9.17, 15) is 4.79 Å². The topological polar surface area (TPSA) is 46.4 Å². The average molecular weight is 328 g/mol. The number of aromatic nitrogens is 2. The van der Waals surface area contributed by atoms with Crippen LogP contribution >= 0.6 is 22.9 Å². The smallest absolute Gasteiger partial charge is 0.282 e. The number of rotatable bonds is 2. The fourth-order valence-electron chi connectivity index (χ4n) is 2.34. The zero-order valence-corrected chi connectivity index (χ0v) is 12.9. The van der Waals surface area contributed by atoms with Crippen molar-refractivity contribution in [3.8, 4) is 0 Å². The SMILES string of the molecule is O=c1c(Nc2ccccc2Cl)cnc2sc3ccccc3n12. The van der Waals surface area contributed by atoms with Gasteiger partial charge in [-0.15, -0.1) is 0 Å². The zero-order chi connectivity index (χ0) is 15.1. The Balaban J connectivity index is 1.93. The molecule has 0 unspecified atom stereocenters. The molecule has 0 amide bonds. The first-order valence-electron chi connectivity index (χ1n) is 6.65. The first kappa shape index (κ1) is 13.3. The highest BCUT2D eigenvalue weighted by atomic mass is 35.5. The van der Waals surface area contributed by atoms with Crippen LogP contribution in [0.2, 0.25) is 5.02 Å². The van der Waals surface area contributed by atoms with Crippen molar-refractivity contribution in [1.82, 2.24) is 9.38 Å². The molecule has 0 radical (unpaired) electrons. The quantitative estimate of drug-likeness (QED) is 0.597. The minimum Gasteiger partial charge on any atom is -0.349 e. The maximum absolute atomic E-state index is 12.7. The van der Waals surface area contributed by atoms with Gasteiger partial charge in [0.1, 0.15) is 5.69 Å². The number of nitrogens with zero attached hydrogens (tertiary/aromatic N) is 2. The number of halogens is 1. The molecular formula is C16H10ClN3OS. The Hall–Kier alpha value is -2.37. The normalized spacial score (nSPS) is 11.1. The van der Waals surface area contributed by atoms with Gasteiger partial charge in [0.2, 0.25) is 0 Å². The largest absolute Gasteiger partial charge is 0.349 e. The van der Waals surface area contributed by atoms with E-state index in [0.29, 0.717) is 21.4 Å². The number of hydrogen-bond acceptors (Lipinski definition) is 4. The van der Waals surface area contributed by atoms with Gasteiger partial charge >= 0.3 is 0 Å². The van der Waals surface area contributed by atoms with E-state index in [0.717, 1.165) is 10.2 Å². The molecule has 0 saturated carbocycles. The Kier molecular flexibility index (Phi) is 3.10. The molecule has 6 heteroatoms. The molecule has 4 rings (SSSR count). The van der Waals surface area contributed by atoms with E-state index in [4.69, 9.17) is 11.6 Å². The summed E-state index contributed by atoms with van der Waals surface area (Å²) in [6, 6.07) is 15.1. The van der Waals surface area contributed by atoms with Crippen molar-refractivity contribution in [1.29, 1.82) is 0 Å². The summed E-state index contributed by atoms with van der Waals surface area (Å²) in [5, 5.41) is 3.62. The molecule has 0 atom stereocenters. The van der Waals surface area contributed by atoms with Crippen LogP contribution in [0, 0.1) is 0 Å². The minimum atomic E-state index is -0.137. The molecule has 0 aliphatic carbocycles. The van der Waals surface area contributed by atoms with E-state index in [1.54, 1.807) is 16.7 Å². The van der Waals surface area contributed by atoms with Crippen LogP contribution in [0.1, 0.15) is 0 Å². The van der Waals surface area contributed by atoms with Crippen molar-refractivity contribution < 1.29 is 0 Å². The van der Waals surface area contributed by atoms with Crippen LogP contribution in [-0.2, 0) is 0 Å². The predicted molar refractivity (Wildman–Crippen MR) is 91.6 cm³/mol. The van der Waals surface area contributed by atoms with Crippen molar-refractivity contribution in [2.24, 2.45) is 0 Å². The molecule has 0 spiro atoms. The summed E-state index contributed by atoms with van der Waals surface area (Å²) in [6.07, 6.45) is 1.55. The number of para-hydroxylation sites is 2. The maximum atomic E-state index is 12.7. The first-order chi connectivity index (χ1) is 10.7. The van der Waals surface area contributed by atoms with Gasteiger partial charge < -0.3 is 5.32 Å². The van der Waals surface area contributed by atoms with E-state index >= 15 is 0 Å². The van der Waals surface area contributed by atoms with E-state index < -0.39 is 0 Å². The van der Waals surface area contributed by atoms with Gasteiger partial charge in [-0.1, -0.05) is 47.2 Å². The first-order valence-corrected chi connectivity index (χ1v) is 7.84. The zero-order valence-electron chi connectivity index (χ0n) is 11.3. The Morgan fingerprint density at radius 1 is 1.05 bits per heavy atom. The molecule has 0 fully saturated rings. The molecule has 0 aliphatic rings. The lowest BCUT2D eigenvalue weighted by molar-refractivity contribution is 1.12. The van der Waals surface area contributed by atoms with Crippen LogP contribution in [0.5, 0.6) is 0 Å². The third-order valence-electron chi connectivity index (χ3n) is 3.38. The van der Waals surface area contributed by atoms with Crippen LogP contribution in [-0.4, -0.2) is 9.38 Å². The Bertz CT molecular complexity index is 1050. The van der Waals surface area contributed by atoms with Gasteiger partial charge in [0.25, 0.3) is 5.56 Å². The van der Waals surface area contributed by atoms with E-state index in [2.05, 4.69) is 10.3 Å². The Morgan fingerprint density at radius 3 is 2.68 bits per heavy atom. The van der Waals surface area contributed by atoms with Gasteiger partial charge in [0.15, 0.2) is 4.96 Å². The van der Waals surface area contributed by atoms with Crippen LogP contribution in [0.3, 0.4) is 0 Å². The minimum absolute atomic E-state index is 0.137.